The predicted octanol–water partition coefficient (Wildman–Crippen LogP) is 3.28. The summed E-state index contributed by atoms with van der Waals surface area (Å²) in [6.45, 7) is 6.27. The van der Waals surface area contributed by atoms with Gasteiger partial charge in [-0.1, -0.05) is 26.0 Å². The maximum absolute atomic E-state index is 5.78. The van der Waals surface area contributed by atoms with Gasteiger partial charge in [0.2, 0.25) is 0 Å². The number of benzene rings is 1. The third kappa shape index (κ3) is 2.59. The zero-order chi connectivity index (χ0) is 13.1. The number of anilines is 1. The van der Waals surface area contributed by atoms with Crippen LogP contribution in [0, 0.1) is 6.92 Å². The van der Waals surface area contributed by atoms with Crippen molar-refractivity contribution in [3.8, 4) is 11.6 Å². The second-order valence-electron chi connectivity index (χ2n) is 4.54. The van der Waals surface area contributed by atoms with Crippen molar-refractivity contribution in [3.05, 3.63) is 41.7 Å². The second-order valence-corrected chi connectivity index (χ2v) is 4.54. The first kappa shape index (κ1) is 12.4. The minimum Gasteiger partial charge on any atom is -0.436 e. The number of nitrogens with zero attached hydrogens (tertiary/aromatic N) is 2. The maximum atomic E-state index is 5.78. The van der Waals surface area contributed by atoms with Gasteiger partial charge in [0.05, 0.1) is 0 Å². The van der Waals surface area contributed by atoms with Gasteiger partial charge < -0.3 is 10.5 Å². The topological polar surface area (TPSA) is 61.0 Å². The number of aryl methyl sites for hydroxylation is 1. The van der Waals surface area contributed by atoms with Gasteiger partial charge >= 0.3 is 0 Å². The maximum Gasteiger partial charge on any atom is 0.262 e. The van der Waals surface area contributed by atoms with Crippen LogP contribution in [-0.4, -0.2) is 9.97 Å². The summed E-state index contributed by atoms with van der Waals surface area (Å²) in [6.07, 6.45) is 3.11. The van der Waals surface area contributed by atoms with Crippen molar-refractivity contribution < 1.29 is 4.74 Å². The van der Waals surface area contributed by atoms with E-state index in [0.29, 0.717) is 17.6 Å². The largest absolute Gasteiger partial charge is 0.436 e. The molecule has 0 saturated carbocycles. The lowest BCUT2D eigenvalue weighted by molar-refractivity contribution is 0.454. The van der Waals surface area contributed by atoms with Crippen molar-refractivity contribution in [2.75, 3.05) is 5.73 Å². The second kappa shape index (κ2) is 5.04. The third-order valence-electron chi connectivity index (χ3n) is 2.69. The van der Waals surface area contributed by atoms with Crippen LogP contribution in [0.2, 0.25) is 0 Å². The molecule has 0 atom stereocenters. The Hall–Kier alpha value is -2.10. The molecule has 2 aromatic rings. The Balaban J connectivity index is 2.39. The van der Waals surface area contributed by atoms with Crippen molar-refractivity contribution in [2.45, 2.75) is 26.7 Å². The van der Waals surface area contributed by atoms with E-state index >= 15 is 0 Å². The number of nitrogens with two attached hydrogens (primary N) is 1. The fraction of sp³-hybridized carbons (Fsp3) is 0.286. The SMILES string of the molecule is Cc1ccc(C(C)C)c(Oc2nccnc2N)c1. The van der Waals surface area contributed by atoms with Crippen molar-refractivity contribution in [1.29, 1.82) is 0 Å². The number of ether oxygens (including phenoxy) is 1. The molecular weight excluding hydrogens is 226 g/mol. The van der Waals surface area contributed by atoms with Crippen molar-refractivity contribution in [1.82, 2.24) is 9.97 Å². The summed E-state index contributed by atoms with van der Waals surface area (Å²) in [6, 6.07) is 6.13. The highest BCUT2D eigenvalue weighted by Gasteiger charge is 2.11. The monoisotopic (exact) mass is 243 g/mol. The summed E-state index contributed by atoms with van der Waals surface area (Å²) in [7, 11) is 0. The van der Waals surface area contributed by atoms with Crippen molar-refractivity contribution >= 4 is 5.82 Å². The molecule has 0 spiro atoms. The molecule has 4 nitrogen and oxygen atoms in total. The fourth-order valence-corrected chi connectivity index (χ4v) is 1.73. The Bertz CT molecular complexity index is 552. The molecule has 1 heterocycles. The Labute approximate surface area is 107 Å². The van der Waals surface area contributed by atoms with E-state index in [0.717, 1.165) is 16.9 Å². The smallest absolute Gasteiger partial charge is 0.262 e. The zero-order valence-corrected chi connectivity index (χ0v) is 10.8. The lowest BCUT2D eigenvalue weighted by Gasteiger charge is -2.14. The molecular formula is C14H17N3O. The van der Waals surface area contributed by atoms with Gasteiger partial charge in [-0.2, -0.15) is 0 Å². The van der Waals surface area contributed by atoms with E-state index in [9.17, 15) is 0 Å². The summed E-state index contributed by atoms with van der Waals surface area (Å²) in [5.41, 5.74) is 8.00. The van der Waals surface area contributed by atoms with Crippen molar-refractivity contribution in [2.24, 2.45) is 0 Å². The van der Waals surface area contributed by atoms with Gasteiger partial charge in [-0.3, -0.25) is 0 Å². The number of aromatic nitrogens is 2. The van der Waals surface area contributed by atoms with E-state index in [-0.39, 0.29) is 0 Å². The standard InChI is InChI=1S/C14H17N3O/c1-9(2)11-5-4-10(3)8-12(11)18-14-13(15)16-6-7-17-14/h4-9H,1-3H3,(H2,15,16). The van der Waals surface area contributed by atoms with E-state index in [1.165, 1.54) is 0 Å². The van der Waals surface area contributed by atoms with Crippen LogP contribution in [0.5, 0.6) is 11.6 Å². The molecule has 2 rings (SSSR count). The van der Waals surface area contributed by atoms with E-state index in [2.05, 4.69) is 35.9 Å². The molecule has 0 unspecified atom stereocenters. The fourth-order valence-electron chi connectivity index (χ4n) is 1.73. The highest BCUT2D eigenvalue weighted by molar-refractivity contribution is 5.46. The molecule has 0 aliphatic rings. The normalized spacial score (nSPS) is 10.7. The van der Waals surface area contributed by atoms with E-state index in [1.807, 2.05) is 13.0 Å². The van der Waals surface area contributed by atoms with E-state index in [4.69, 9.17) is 10.5 Å². The highest BCUT2D eigenvalue weighted by Crippen LogP contribution is 2.31. The average Bonchev–Trinajstić information content (AvgIpc) is 2.32. The lowest BCUT2D eigenvalue weighted by Crippen LogP contribution is -2.00. The van der Waals surface area contributed by atoms with Crippen LogP contribution in [0.4, 0.5) is 5.82 Å². The summed E-state index contributed by atoms with van der Waals surface area (Å²) in [5, 5.41) is 0. The molecule has 0 aliphatic heterocycles. The van der Waals surface area contributed by atoms with Gasteiger partial charge in [0.25, 0.3) is 5.88 Å². The zero-order valence-electron chi connectivity index (χ0n) is 10.8. The molecule has 0 fully saturated rings. The number of hydrogen-bond donors (Lipinski definition) is 1. The van der Waals surface area contributed by atoms with Crippen LogP contribution in [0.3, 0.4) is 0 Å². The van der Waals surface area contributed by atoms with Crippen LogP contribution in [0.1, 0.15) is 30.9 Å². The molecule has 0 radical (unpaired) electrons. The van der Waals surface area contributed by atoms with Crippen LogP contribution < -0.4 is 10.5 Å². The Morgan fingerprint density at radius 2 is 1.89 bits per heavy atom. The molecule has 0 saturated heterocycles. The molecule has 2 N–H and O–H groups in total. The van der Waals surface area contributed by atoms with Gasteiger partial charge in [-0.15, -0.1) is 0 Å². The van der Waals surface area contributed by atoms with Crippen LogP contribution in [-0.2, 0) is 0 Å². The summed E-state index contributed by atoms with van der Waals surface area (Å²) in [5.74, 6) is 1.81. The Morgan fingerprint density at radius 3 is 2.56 bits per heavy atom. The number of hydrogen-bond acceptors (Lipinski definition) is 4. The van der Waals surface area contributed by atoms with Crippen LogP contribution in [0.25, 0.3) is 0 Å². The van der Waals surface area contributed by atoms with Gasteiger partial charge in [0.1, 0.15) is 5.75 Å². The highest BCUT2D eigenvalue weighted by atomic mass is 16.5. The Morgan fingerprint density at radius 1 is 1.17 bits per heavy atom. The molecule has 0 amide bonds. The predicted molar refractivity (Wildman–Crippen MR) is 71.8 cm³/mol. The first-order chi connectivity index (χ1) is 8.58. The lowest BCUT2D eigenvalue weighted by atomic mass is 10.0. The summed E-state index contributed by atoms with van der Waals surface area (Å²) < 4.78 is 5.78. The molecule has 0 bridgehead atoms. The molecule has 4 heteroatoms. The molecule has 1 aromatic heterocycles. The van der Waals surface area contributed by atoms with E-state index < -0.39 is 0 Å². The van der Waals surface area contributed by atoms with Gasteiger partial charge in [-0.25, -0.2) is 9.97 Å². The first-order valence-electron chi connectivity index (χ1n) is 5.93. The van der Waals surface area contributed by atoms with E-state index in [1.54, 1.807) is 12.4 Å². The van der Waals surface area contributed by atoms with Crippen LogP contribution >= 0.6 is 0 Å². The number of nitrogen functional groups attached to an aromatic ring is 1. The minimum absolute atomic E-state index is 0.300. The summed E-state index contributed by atoms with van der Waals surface area (Å²) >= 11 is 0. The number of rotatable bonds is 3. The average molecular weight is 243 g/mol. The van der Waals surface area contributed by atoms with Gasteiger partial charge in [0.15, 0.2) is 5.82 Å². The molecule has 18 heavy (non-hydrogen) atoms. The van der Waals surface area contributed by atoms with Crippen LogP contribution in [0.15, 0.2) is 30.6 Å². The van der Waals surface area contributed by atoms with Crippen molar-refractivity contribution in [3.63, 3.8) is 0 Å². The van der Waals surface area contributed by atoms with Gasteiger partial charge in [0, 0.05) is 12.4 Å². The molecule has 94 valence electrons. The Kier molecular flexibility index (Phi) is 3.46. The van der Waals surface area contributed by atoms with Gasteiger partial charge in [-0.05, 0) is 30.0 Å². The quantitative estimate of drug-likeness (QED) is 0.898. The third-order valence-corrected chi connectivity index (χ3v) is 2.69. The summed E-state index contributed by atoms with van der Waals surface area (Å²) in [4.78, 5) is 8.06. The molecule has 0 aliphatic carbocycles. The first-order valence-corrected chi connectivity index (χ1v) is 5.93. The molecule has 1 aromatic carbocycles. The minimum atomic E-state index is 0.300.